The number of hydrogen-bond donors (Lipinski definition) is 0. The molecule has 1 aromatic heterocycles. The van der Waals surface area contributed by atoms with Crippen molar-refractivity contribution in [3.8, 4) is 50.2 Å². The maximum Gasteiger partial charge on any atom is 0.0561 e. The molecule has 0 spiro atoms. The van der Waals surface area contributed by atoms with Crippen LogP contribution in [0.25, 0.3) is 104 Å². The molecule has 0 N–H and O–H groups in total. The predicted molar refractivity (Wildman–Crippen MR) is 305 cm³/mol. The summed E-state index contributed by atoms with van der Waals surface area (Å²) < 4.78 is 2.43. The van der Waals surface area contributed by atoms with Crippen molar-refractivity contribution in [3.05, 3.63) is 265 Å². The molecule has 15 rings (SSSR count). The third-order valence-corrected chi connectivity index (χ3v) is 16.2. The Morgan fingerprint density at radius 3 is 1.46 bits per heavy atom. The molecule has 2 aliphatic carbocycles. The number of hydrogen-bond acceptors (Lipinski definition) is 1. The highest BCUT2D eigenvalue weighted by Gasteiger charge is 2.37. The summed E-state index contributed by atoms with van der Waals surface area (Å²) in [5, 5.41) is 10.3. The molecule has 2 aliphatic rings. The van der Waals surface area contributed by atoms with Gasteiger partial charge in [-0.3, -0.25) is 0 Å². The molecule has 0 aliphatic heterocycles. The van der Waals surface area contributed by atoms with Crippen LogP contribution in [0.2, 0.25) is 0 Å². The van der Waals surface area contributed by atoms with Crippen molar-refractivity contribution in [3.63, 3.8) is 0 Å². The molecule has 0 saturated carbocycles. The monoisotopic (exact) mass is 916 g/mol. The molecule has 0 unspecified atom stereocenters. The van der Waals surface area contributed by atoms with Crippen LogP contribution in [0.15, 0.2) is 243 Å². The van der Waals surface area contributed by atoms with Crippen LogP contribution in [0.3, 0.4) is 0 Å². The molecule has 72 heavy (non-hydrogen) atoms. The lowest BCUT2D eigenvalue weighted by atomic mass is 9.81. The minimum Gasteiger partial charge on any atom is -0.310 e. The third kappa shape index (κ3) is 5.96. The zero-order valence-corrected chi connectivity index (χ0v) is 40.2. The SMILES string of the molecule is CC1(C)c2cc(N(c3ccc4c(c3)-c3ccccc3Cc3ccccc3-c3ccccc3-4)c3ccc4c5ccccc5n(-c5ccccc5)c4c3)ccc2-c2cc3c4ccccc4c4ccccc4c3cc21. The largest absolute Gasteiger partial charge is 0.310 e. The van der Waals surface area contributed by atoms with E-state index in [0.717, 1.165) is 29.2 Å². The van der Waals surface area contributed by atoms with Gasteiger partial charge < -0.3 is 9.47 Å². The lowest BCUT2D eigenvalue weighted by Crippen LogP contribution is -2.16. The third-order valence-electron chi connectivity index (χ3n) is 16.2. The van der Waals surface area contributed by atoms with E-state index in [4.69, 9.17) is 0 Å². The van der Waals surface area contributed by atoms with Gasteiger partial charge in [-0.2, -0.15) is 0 Å². The number of rotatable bonds is 4. The second-order valence-electron chi connectivity index (χ2n) is 20.4. The molecule has 0 radical (unpaired) electrons. The van der Waals surface area contributed by atoms with Gasteiger partial charge in [-0.05, 0) is 172 Å². The van der Waals surface area contributed by atoms with E-state index in [1.807, 2.05) is 0 Å². The van der Waals surface area contributed by atoms with Crippen molar-refractivity contribution in [1.82, 2.24) is 4.57 Å². The fourth-order valence-electron chi connectivity index (χ4n) is 12.8. The topological polar surface area (TPSA) is 8.17 Å². The van der Waals surface area contributed by atoms with Gasteiger partial charge in [0.25, 0.3) is 0 Å². The summed E-state index contributed by atoms with van der Waals surface area (Å²) in [5.41, 5.74) is 22.1. The van der Waals surface area contributed by atoms with E-state index < -0.39 is 0 Å². The van der Waals surface area contributed by atoms with Gasteiger partial charge in [-0.15, -0.1) is 0 Å². The zero-order valence-electron chi connectivity index (χ0n) is 40.2. The second kappa shape index (κ2) is 15.5. The molecular formula is C70H48N2. The van der Waals surface area contributed by atoms with Gasteiger partial charge in [0, 0.05) is 38.9 Å². The molecule has 2 nitrogen and oxygen atoms in total. The van der Waals surface area contributed by atoms with E-state index >= 15 is 0 Å². The van der Waals surface area contributed by atoms with E-state index in [9.17, 15) is 0 Å². The van der Waals surface area contributed by atoms with Crippen molar-refractivity contribution in [2.45, 2.75) is 25.7 Å². The van der Waals surface area contributed by atoms with Gasteiger partial charge in [0.15, 0.2) is 0 Å². The van der Waals surface area contributed by atoms with E-state index in [1.165, 1.54) is 121 Å². The normalized spacial score (nSPS) is 13.2. The van der Waals surface area contributed by atoms with Gasteiger partial charge in [0.1, 0.15) is 0 Å². The Morgan fingerprint density at radius 2 is 0.764 bits per heavy atom. The van der Waals surface area contributed by atoms with Gasteiger partial charge in [0.2, 0.25) is 0 Å². The van der Waals surface area contributed by atoms with Crippen molar-refractivity contribution < 1.29 is 0 Å². The number of nitrogens with zero attached hydrogens (tertiary/aromatic N) is 2. The number of fused-ring (bicyclic) bond motifs is 19. The minimum atomic E-state index is -0.265. The Balaban J connectivity index is 0.983. The summed E-state index contributed by atoms with van der Waals surface area (Å²) >= 11 is 0. The maximum absolute atomic E-state index is 2.51. The van der Waals surface area contributed by atoms with Crippen molar-refractivity contribution in [1.29, 1.82) is 0 Å². The van der Waals surface area contributed by atoms with Crippen molar-refractivity contribution in [2.75, 3.05) is 4.90 Å². The molecule has 12 aromatic carbocycles. The number of benzene rings is 12. The average molecular weight is 917 g/mol. The Labute approximate surface area is 419 Å². The summed E-state index contributed by atoms with van der Waals surface area (Å²) in [4.78, 5) is 2.51. The minimum absolute atomic E-state index is 0.265. The van der Waals surface area contributed by atoms with Gasteiger partial charge in [-0.25, -0.2) is 0 Å². The van der Waals surface area contributed by atoms with Crippen LogP contribution in [-0.4, -0.2) is 4.57 Å². The average Bonchev–Trinajstić information content (AvgIpc) is 3.89. The molecule has 0 atom stereocenters. The molecule has 338 valence electrons. The highest BCUT2D eigenvalue weighted by atomic mass is 15.1. The van der Waals surface area contributed by atoms with Crippen LogP contribution in [-0.2, 0) is 11.8 Å². The van der Waals surface area contributed by atoms with Gasteiger partial charge in [0.05, 0.1) is 11.0 Å². The first kappa shape index (κ1) is 40.9. The smallest absolute Gasteiger partial charge is 0.0561 e. The Bertz CT molecular complexity index is 4400. The summed E-state index contributed by atoms with van der Waals surface area (Å²) in [6.45, 7) is 4.85. The molecule has 2 heteroatoms. The molecule has 13 aromatic rings. The van der Waals surface area contributed by atoms with Crippen molar-refractivity contribution in [2.24, 2.45) is 0 Å². The Hall–Kier alpha value is -8.98. The first-order valence-electron chi connectivity index (χ1n) is 25.3. The highest BCUT2D eigenvalue weighted by Crippen LogP contribution is 2.54. The first-order chi connectivity index (χ1) is 35.5. The fourth-order valence-corrected chi connectivity index (χ4v) is 12.8. The maximum atomic E-state index is 2.51. The number of para-hydroxylation sites is 2. The van der Waals surface area contributed by atoms with E-state index in [0.29, 0.717) is 0 Å². The van der Waals surface area contributed by atoms with Crippen LogP contribution >= 0.6 is 0 Å². The molecule has 0 bridgehead atoms. The second-order valence-corrected chi connectivity index (χ2v) is 20.4. The molecular weight excluding hydrogens is 869 g/mol. The summed E-state index contributed by atoms with van der Waals surface area (Å²) in [6.07, 6.45) is 0.843. The number of aromatic nitrogens is 1. The molecule has 1 heterocycles. The van der Waals surface area contributed by atoms with E-state index in [1.54, 1.807) is 0 Å². The van der Waals surface area contributed by atoms with Gasteiger partial charge >= 0.3 is 0 Å². The lowest BCUT2D eigenvalue weighted by Gasteiger charge is -2.29. The summed E-state index contributed by atoms with van der Waals surface area (Å²) in [6, 6.07) is 91.0. The molecule has 0 saturated heterocycles. The van der Waals surface area contributed by atoms with Crippen LogP contribution in [0.4, 0.5) is 17.1 Å². The Kier molecular flexibility index (Phi) is 8.80. The highest BCUT2D eigenvalue weighted by molar-refractivity contribution is 6.26. The van der Waals surface area contributed by atoms with Crippen LogP contribution in [0.1, 0.15) is 36.1 Å². The van der Waals surface area contributed by atoms with Crippen molar-refractivity contribution >= 4 is 71.2 Å². The summed E-state index contributed by atoms with van der Waals surface area (Å²) in [5.74, 6) is 0. The van der Waals surface area contributed by atoms with Crippen LogP contribution < -0.4 is 4.90 Å². The predicted octanol–water partition coefficient (Wildman–Crippen LogP) is 18.9. The van der Waals surface area contributed by atoms with Crippen LogP contribution in [0.5, 0.6) is 0 Å². The molecule has 0 fully saturated rings. The summed E-state index contributed by atoms with van der Waals surface area (Å²) in [7, 11) is 0. The first-order valence-corrected chi connectivity index (χ1v) is 25.3. The van der Waals surface area contributed by atoms with E-state index in [-0.39, 0.29) is 5.41 Å². The Morgan fingerprint density at radius 1 is 0.306 bits per heavy atom. The lowest BCUT2D eigenvalue weighted by molar-refractivity contribution is 0.661. The van der Waals surface area contributed by atoms with Crippen LogP contribution in [0, 0.1) is 0 Å². The fraction of sp³-hybridized carbons (Fsp3) is 0.0571. The zero-order chi connectivity index (χ0) is 47.7. The van der Waals surface area contributed by atoms with Gasteiger partial charge in [-0.1, -0.05) is 190 Å². The molecule has 0 amide bonds. The quantitative estimate of drug-likeness (QED) is 0.160. The standard InChI is InChI=1S/C70H48N2/c1-70(2)66-40-48(33-36-59(66)65-42-63-56-28-14-12-26-54(56)55-27-13-15-29-57(55)64(63)43-67(65)70)71(49-34-37-61-60-30-16-17-31-68(60)72(69(61)41-49)46-20-4-3-5-21-46)47-32-35-58-53-25-11-10-24-52(53)50-22-8-6-18-44(50)38-45-19-7-9-23-51(45)62(58)39-47/h3-37,39-43H,38H2,1-2H3. The number of anilines is 3. The van der Waals surface area contributed by atoms with E-state index in [2.05, 4.69) is 266 Å².